The van der Waals surface area contributed by atoms with Crippen LogP contribution < -0.4 is 5.32 Å². The molecular formula is C16H22N2S. The fraction of sp³-hybridized carbons (Fsp3) is 0.438. The van der Waals surface area contributed by atoms with Crippen LogP contribution in [0.2, 0.25) is 0 Å². The lowest BCUT2D eigenvalue weighted by atomic mass is 9.86. The number of nitrogens with zero attached hydrogens (tertiary/aromatic N) is 1. The van der Waals surface area contributed by atoms with Crippen LogP contribution in [-0.2, 0) is 12.0 Å². The van der Waals surface area contributed by atoms with Crippen molar-refractivity contribution in [3.05, 3.63) is 52.0 Å². The average molecular weight is 274 g/mol. The van der Waals surface area contributed by atoms with Gasteiger partial charge < -0.3 is 5.32 Å². The van der Waals surface area contributed by atoms with Crippen molar-refractivity contribution in [2.24, 2.45) is 0 Å². The Labute approximate surface area is 119 Å². The lowest BCUT2D eigenvalue weighted by Crippen LogP contribution is -2.18. The molecule has 1 atom stereocenters. The van der Waals surface area contributed by atoms with Gasteiger partial charge in [-0.05, 0) is 23.5 Å². The normalized spacial score (nSPS) is 13.5. The van der Waals surface area contributed by atoms with Crippen molar-refractivity contribution in [2.75, 3.05) is 0 Å². The van der Waals surface area contributed by atoms with Crippen LogP contribution in [0.5, 0.6) is 0 Å². The third kappa shape index (κ3) is 3.88. The van der Waals surface area contributed by atoms with Crippen LogP contribution in [-0.4, -0.2) is 4.98 Å². The maximum Gasteiger partial charge on any atom is 0.0795 e. The molecular weight excluding hydrogens is 252 g/mol. The van der Waals surface area contributed by atoms with Crippen molar-refractivity contribution >= 4 is 11.3 Å². The summed E-state index contributed by atoms with van der Waals surface area (Å²) in [6, 6.07) is 9.25. The van der Waals surface area contributed by atoms with E-state index in [0.717, 1.165) is 12.2 Å². The monoisotopic (exact) mass is 274 g/mol. The molecule has 1 heterocycles. The molecule has 2 aromatic rings. The zero-order valence-electron chi connectivity index (χ0n) is 12.1. The summed E-state index contributed by atoms with van der Waals surface area (Å²) >= 11 is 1.64. The quantitative estimate of drug-likeness (QED) is 0.899. The van der Waals surface area contributed by atoms with Crippen LogP contribution in [0.1, 0.15) is 50.6 Å². The Morgan fingerprint density at radius 2 is 1.89 bits per heavy atom. The summed E-state index contributed by atoms with van der Waals surface area (Å²) in [6.45, 7) is 9.74. The van der Waals surface area contributed by atoms with Gasteiger partial charge in [0, 0.05) is 18.0 Å². The molecule has 0 amide bonds. The molecule has 1 aromatic heterocycles. The van der Waals surface area contributed by atoms with E-state index < -0.39 is 0 Å². The lowest BCUT2D eigenvalue weighted by molar-refractivity contribution is 0.565. The van der Waals surface area contributed by atoms with Gasteiger partial charge in [-0.2, -0.15) is 0 Å². The van der Waals surface area contributed by atoms with E-state index in [0.29, 0.717) is 6.04 Å². The van der Waals surface area contributed by atoms with Gasteiger partial charge in [-0.25, -0.2) is 4.98 Å². The summed E-state index contributed by atoms with van der Waals surface area (Å²) in [5.74, 6) is 0. The highest BCUT2D eigenvalue weighted by Crippen LogP contribution is 2.23. The Balaban J connectivity index is 1.97. The predicted octanol–water partition coefficient (Wildman–Crippen LogP) is 4.29. The summed E-state index contributed by atoms with van der Waals surface area (Å²) in [4.78, 5) is 4.28. The second-order valence-corrected chi connectivity index (χ2v) is 6.67. The van der Waals surface area contributed by atoms with Gasteiger partial charge in [0.1, 0.15) is 0 Å². The summed E-state index contributed by atoms with van der Waals surface area (Å²) in [7, 11) is 0. The van der Waals surface area contributed by atoms with E-state index in [-0.39, 0.29) is 5.41 Å². The first-order valence-electron chi connectivity index (χ1n) is 6.68. The number of benzene rings is 1. The zero-order chi connectivity index (χ0) is 13.9. The van der Waals surface area contributed by atoms with Gasteiger partial charge in [0.15, 0.2) is 0 Å². The molecule has 1 N–H and O–H groups in total. The van der Waals surface area contributed by atoms with Crippen molar-refractivity contribution in [1.29, 1.82) is 0 Å². The largest absolute Gasteiger partial charge is 0.305 e. The Bertz CT molecular complexity index is 495. The predicted molar refractivity (Wildman–Crippen MR) is 82.5 cm³/mol. The van der Waals surface area contributed by atoms with Crippen molar-refractivity contribution in [1.82, 2.24) is 10.3 Å². The maximum atomic E-state index is 4.28. The Kier molecular flexibility index (Phi) is 4.38. The highest BCUT2D eigenvalue weighted by molar-refractivity contribution is 7.07. The van der Waals surface area contributed by atoms with E-state index in [1.165, 1.54) is 11.1 Å². The van der Waals surface area contributed by atoms with Gasteiger partial charge in [-0.15, -0.1) is 11.3 Å². The number of aromatic nitrogens is 1. The van der Waals surface area contributed by atoms with Crippen LogP contribution >= 0.6 is 11.3 Å². The molecule has 0 aliphatic carbocycles. The molecule has 2 rings (SSSR count). The molecule has 1 aromatic carbocycles. The van der Waals surface area contributed by atoms with E-state index in [2.05, 4.69) is 67.6 Å². The molecule has 19 heavy (non-hydrogen) atoms. The molecule has 102 valence electrons. The van der Waals surface area contributed by atoms with Crippen LogP contribution in [0, 0.1) is 0 Å². The highest BCUT2D eigenvalue weighted by atomic mass is 32.1. The minimum atomic E-state index is 0.218. The molecule has 0 fully saturated rings. The third-order valence-corrected chi connectivity index (χ3v) is 3.98. The van der Waals surface area contributed by atoms with Crippen LogP contribution in [0.25, 0.3) is 0 Å². The van der Waals surface area contributed by atoms with Gasteiger partial charge in [-0.3, -0.25) is 0 Å². The lowest BCUT2D eigenvalue weighted by Gasteiger charge is -2.20. The van der Waals surface area contributed by atoms with Gasteiger partial charge in [-0.1, -0.05) is 45.0 Å². The number of rotatable bonds is 4. The molecule has 0 saturated heterocycles. The molecule has 0 saturated carbocycles. The van der Waals surface area contributed by atoms with Crippen molar-refractivity contribution < 1.29 is 0 Å². The molecule has 0 bridgehead atoms. The van der Waals surface area contributed by atoms with Crippen molar-refractivity contribution in [3.63, 3.8) is 0 Å². The van der Waals surface area contributed by atoms with Crippen LogP contribution in [0.15, 0.2) is 35.2 Å². The first kappa shape index (κ1) is 14.2. The SMILES string of the molecule is CC(NCc1cscn1)c1ccc(C(C)(C)C)cc1. The highest BCUT2D eigenvalue weighted by Gasteiger charge is 2.13. The van der Waals surface area contributed by atoms with E-state index in [9.17, 15) is 0 Å². The molecule has 0 spiro atoms. The second kappa shape index (κ2) is 5.85. The Hall–Kier alpha value is -1.19. The number of nitrogens with one attached hydrogen (secondary N) is 1. The standard InChI is InChI=1S/C16H22N2S/c1-12(17-9-15-10-19-11-18-15)13-5-7-14(8-6-13)16(2,3)4/h5-8,10-12,17H,9H2,1-4H3. The Morgan fingerprint density at radius 3 is 2.42 bits per heavy atom. The number of hydrogen-bond donors (Lipinski definition) is 1. The molecule has 2 nitrogen and oxygen atoms in total. The summed E-state index contributed by atoms with van der Waals surface area (Å²) in [6.07, 6.45) is 0. The molecule has 1 unspecified atom stereocenters. The minimum absolute atomic E-state index is 0.218. The number of thiazole rings is 1. The summed E-state index contributed by atoms with van der Waals surface area (Å²) in [5, 5.41) is 5.59. The van der Waals surface area contributed by atoms with Gasteiger partial charge in [0.2, 0.25) is 0 Å². The van der Waals surface area contributed by atoms with Crippen LogP contribution in [0.4, 0.5) is 0 Å². The fourth-order valence-electron chi connectivity index (χ4n) is 1.97. The maximum absolute atomic E-state index is 4.28. The Morgan fingerprint density at radius 1 is 1.21 bits per heavy atom. The summed E-state index contributed by atoms with van der Waals surface area (Å²) < 4.78 is 0. The van der Waals surface area contributed by atoms with Crippen molar-refractivity contribution in [3.8, 4) is 0 Å². The molecule has 0 aliphatic rings. The van der Waals surface area contributed by atoms with E-state index >= 15 is 0 Å². The summed E-state index contributed by atoms with van der Waals surface area (Å²) in [5.41, 5.74) is 5.91. The zero-order valence-corrected chi connectivity index (χ0v) is 12.9. The third-order valence-electron chi connectivity index (χ3n) is 3.35. The van der Waals surface area contributed by atoms with Gasteiger partial charge in [0.25, 0.3) is 0 Å². The average Bonchev–Trinajstić information content (AvgIpc) is 2.88. The van der Waals surface area contributed by atoms with E-state index in [1.54, 1.807) is 11.3 Å². The minimum Gasteiger partial charge on any atom is -0.305 e. The molecule has 0 aliphatic heterocycles. The smallest absolute Gasteiger partial charge is 0.0795 e. The van der Waals surface area contributed by atoms with E-state index in [1.807, 2.05) is 5.51 Å². The molecule has 0 radical (unpaired) electrons. The van der Waals surface area contributed by atoms with E-state index in [4.69, 9.17) is 0 Å². The first-order valence-corrected chi connectivity index (χ1v) is 7.62. The number of hydrogen-bond acceptors (Lipinski definition) is 3. The topological polar surface area (TPSA) is 24.9 Å². The van der Waals surface area contributed by atoms with Crippen molar-refractivity contribution in [2.45, 2.75) is 45.7 Å². The van der Waals surface area contributed by atoms with Gasteiger partial charge in [0.05, 0.1) is 11.2 Å². The molecule has 3 heteroatoms. The van der Waals surface area contributed by atoms with Crippen LogP contribution in [0.3, 0.4) is 0 Å². The van der Waals surface area contributed by atoms with Gasteiger partial charge >= 0.3 is 0 Å². The fourth-order valence-corrected chi connectivity index (χ4v) is 2.53. The second-order valence-electron chi connectivity index (χ2n) is 5.95. The first-order chi connectivity index (χ1) is 8.97.